The Morgan fingerprint density at radius 3 is 2.11 bits per heavy atom. The Kier molecular flexibility index (Phi) is 6.25. The zero-order valence-corrected chi connectivity index (χ0v) is 27.4. The molecule has 7 heteroatoms. The molecule has 5 aromatic carbocycles. The highest BCUT2D eigenvalue weighted by molar-refractivity contribution is 7.26. The van der Waals surface area contributed by atoms with Crippen LogP contribution in [0.1, 0.15) is 27.7 Å². The van der Waals surface area contributed by atoms with Crippen LogP contribution in [0.3, 0.4) is 0 Å². The van der Waals surface area contributed by atoms with Crippen LogP contribution in [-0.2, 0) is 9.31 Å². The molecule has 0 N–H and O–H groups in total. The summed E-state index contributed by atoms with van der Waals surface area (Å²) in [6.07, 6.45) is 0. The first kappa shape index (κ1) is 28.4. The molecule has 0 bridgehead atoms. The number of furan rings is 1. The fourth-order valence-electron chi connectivity index (χ4n) is 6.48. The number of hydrogen-bond donors (Lipinski definition) is 0. The van der Waals surface area contributed by atoms with Crippen molar-refractivity contribution < 1.29 is 13.7 Å². The van der Waals surface area contributed by atoms with Crippen molar-refractivity contribution in [3.63, 3.8) is 0 Å². The first-order chi connectivity index (χ1) is 22.8. The van der Waals surface area contributed by atoms with E-state index in [-0.39, 0.29) is 0 Å². The number of benzene rings is 5. The molecule has 0 amide bonds. The average Bonchev–Trinajstić information content (AvgIpc) is 3.72. The molecule has 228 valence electrons. The van der Waals surface area contributed by atoms with Gasteiger partial charge in [-0.3, -0.25) is 0 Å². The van der Waals surface area contributed by atoms with E-state index in [2.05, 4.69) is 137 Å². The molecule has 4 heterocycles. The quantitative estimate of drug-likeness (QED) is 0.181. The van der Waals surface area contributed by atoms with Gasteiger partial charge in [-0.15, -0.1) is 11.3 Å². The summed E-state index contributed by atoms with van der Waals surface area (Å²) in [6, 6.07) is 39.9. The normalized spacial score (nSPS) is 15.8. The van der Waals surface area contributed by atoms with Gasteiger partial charge in [0.15, 0.2) is 5.82 Å². The van der Waals surface area contributed by atoms with Crippen LogP contribution in [0.2, 0.25) is 0 Å². The molecule has 0 spiro atoms. The third-order valence-electron chi connectivity index (χ3n) is 9.77. The van der Waals surface area contributed by atoms with Gasteiger partial charge in [0.05, 0.1) is 27.1 Å². The van der Waals surface area contributed by atoms with Gasteiger partial charge in [-0.1, -0.05) is 103 Å². The van der Waals surface area contributed by atoms with E-state index in [4.69, 9.17) is 23.7 Å². The summed E-state index contributed by atoms with van der Waals surface area (Å²) in [7, 11) is -0.444. The first-order valence-electron chi connectivity index (χ1n) is 15.9. The van der Waals surface area contributed by atoms with E-state index in [1.165, 1.54) is 4.70 Å². The van der Waals surface area contributed by atoms with Crippen molar-refractivity contribution >= 4 is 66.2 Å². The number of nitrogens with zero attached hydrogens (tertiary/aromatic N) is 2. The molecule has 9 rings (SSSR count). The Morgan fingerprint density at radius 1 is 0.617 bits per heavy atom. The minimum absolute atomic E-state index is 0.406. The molecule has 1 aliphatic rings. The van der Waals surface area contributed by atoms with E-state index in [0.717, 1.165) is 71.0 Å². The van der Waals surface area contributed by atoms with E-state index in [0.29, 0.717) is 5.82 Å². The highest BCUT2D eigenvalue weighted by Gasteiger charge is 2.51. The molecule has 0 radical (unpaired) electrons. The van der Waals surface area contributed by atoms with Gasteiger partial charge in [0.25, 0.3) is 0 Å². The molecule has 0 atom stereocenters. The van der Waals surface area contributed by atoms with Gasteiger partial charge in [0.2, 0.25) is 0 Å². The summed E-state index contributed by atoms with van der Waals surface area (Å²) in [5, 5.41) is 3.30. The molecule has 0 unspecified atom stereocenters. The summed E-state index contributed by atoms with van der Waals surface area (Å²) >= 11 is 1.75. The van der Waals surface area contributed by atoms with Crippen molar-refractivity contribution in [3.05, 3.63) is 115 Å². The summed E-state index contributed by atoms with van der Waals surface area (Å²) < 4.78 is 21.5. The standard InChI is InChI=1S/C40H31BN2O3S/c1-39(2)40(3,4)46-41(45-39)27-21-22-29-30-15-10-14-28(36(30)44-32(29)23-27)24-17-19-26(20-18-24)38-42-34(25-11-6-5-7-12-25)37-35(43-38)31-13-8-9-16-33(31)47-37/h5-23H,1-4H3. The maximum atomic E-state index is 6.57. The predicted molar refractivity (Wildman–Crippen MR) is 194 cm³/mol. The van der Waals surface area contributed by atoms with Crippen molar-refractivity contribution in [1.82, 2.24) is 9.97 Å². The van der Waals surface area contributed by atoms with Gasteiger partial charge >= 0.3 is 7.12 Å². The van der Waals surface area contributed by atoms with Crippen molar-refractivity contribution in [2.45, 2.75) is 38.9 Å². The molecule has 3 aromatic heterocycles. The molecule has 5 nitrogen and oxygen atoms in total. The van der Waals surface area contributed by atoms with Gasteiger partial charge in [0, 0.05) is 37.5 Å². The second-order valence-corrected chi connectivity index (χ2v) is 14.3. The minimum atomic E-state index is -0.444. The van der Waals surface area contributed by atoms with Gasteiger partial charge < -0.3 is 13.7 Å². The topological polar surface area (TPSA) is 57.4 Å². The summed E-state index contributed by atoms with van der Waals surface area (Å²) in [6.45, 7) is 8.28. The number of rotatable bonds is 4. The number of fused-ring (bicyclic) bond motifs is 6. The Balaban J connectivity index is 1.11. The largest absolute Gasteiger partial charge is 0.494 e. The number of thiophene rings is 1. The number of hydrogen-bond acceptors (Lipinski definition) is 6. The summed E-state index contributed by atoms with van der Waals surface area (Å²) in [4.78, 5) is 10.3. The van der Waals surface area contributed by atoms with E-state index in [1.54, 1.807) is 11.3 Å². The highest BCUT2D eigenvalue weighted by Crippen LogP contribution is 2.41. The lowest BCUT2D eigenvalue weighted by Gasteiger charge is -2.32. The molecule has 1 fully saturated rings. The Morgan fingerprint density at radius 2 is 1.32 bits per heavy atom. The summed E-state index contributed by atoms with van der Waals surface area (Å²) in [5.74, 6) is 0.712. The lowest BCUT2D eigenvalue weighted by molar-refractivity contribution is 0.00578. The fraction of sp³-hybridized carbons (Fsp3) is 0.150. The molecule has 8 aromatic rings. The van der Waals surface area contributed by atoms with Crippen molar-refractivity contribution in [2.24, 2.45) is 0 Å². The van der Waals surface area contributed by atoms with E-state index in [1.807, 2.05) is 6.07 Å². The van der Waals surface area contributed by atoms with E-state index in [9.17, 15) is 0 Å². The molecule has 0 saturated carbocycles. The predicted octanol–water partition coefficient (Wildman–Crippen LogP) is 10.0. The Labute approximate surface area is 277 Å². The van der Waals surface area contributed by atoms with Gasteiger partial charge in [-0.05, 0) is 50.9 Å². The first-order valence-corrected chi connectivity index (χ1v) is 16.7. The average molecular weight is 631 g/mol. The monoisotopic (exact) mass is 630 g/mol. The van der Waals surface area contributed by atoms with Gasteiger partial charge in [0.1, 0.15) is 11.2 Å². The van der Waals surface area contributed by atoms with Crippen LogP contribution in [-0.4, -0.2) is 28.3 Å². The van der Waals surface area contributed by atoms with Crippen LogP contribution in [0, 0.1) is 0 Å². The molecule has 0 aliphatic carbocycles. The van der Waals surface area contributed by atoms with Crippen LogP contribution in [0.4, 0.5) is 0 Å². The lowest BCUT2D eigenvalue weighted by Crippen LogP contribution is -2.41. The van der Waals surface area contributed by atoms with E-state index < -0.39 is 18.3 Å². The maximum absolute atomic E-state index is 6.57. The zero-order valence-electron chi connectivity index (χ0n) is 26.6. The Bertz CT molecular complexity index is 2470. The van der Waals surface area contributed by atoms with Crippen LogP contribution in [0.25, 0.3) is 76.0 Å². The van der Waals surface area contributed by atoms with Crippen LogP contribution in [0.5, 0.6) is 0 Å². The SMILES string of the molecule is CC1(C)OB(c2ccc3c(c2)oc2c(-c4ccc(-c5nc(-c6ccccc6)c6sc7ccccc7c6n5)cc4)cccc23)OC1(C)C. The second-order valence-electron chi connectivity index (χ2n) is 13.2. The second kappa shape index (κ2) is 10.3. The van der Waals surface area contributed by atoms with Gasteiger partial charge in [-0.2, -0.15) is 0 Å². The number of aromatic nitrogens is 2. The fourth-order valence-corrected chi connectivity index (χ4v) is 7.63. The zero-order chi connectivity index (χ0) is 31.9. The molecular weight excluding hydrogens is 599 g/mol. The van der Waals surface area contributed by atoms with Crippen molar-refractivity contribution in [2.75, 3.05) is 0 Å². The lowest BCUT2D eigenvalue weighted by atomic mass is 9.79. The third-order valence-corrected chi connectivity index (χ3v) is 10.9. The molecule has 47 heavy (non-hydrogen) atoms. The maximum Gasteiger partial charge on any atom is 0.494 e. The van der Waals surface area contributed by atoms with Crippen molar-refractivity contribution in [3.8, 4) is 33.8 Å². The number of para-hydroxylation sites is 1. The molecular formula is C40H31BN2O3S. The van der Waals surface area contributed by atoms with Crippen LogP contribution in [0.15, 0.2) is 120 Å². The highest BCUT2D eigenvalue weighted by atomic mass is 32.1. The molecule has 1 aliphatic heterocycles. The third kappa shape index (κ3) is 4.53. The Hall–Kier alpha value is -4.82. The van der Waals surface area contributed by atoms with Crippen LogP contribution >= 0.6 is 11.3 Å². The smallest absolute Gasteiger partial charge is 0.455 e. The van der Waals surface area contributed by atoms with E-state index >= 15 is 0 Å². The van der Waals surface area contributed by atoms with Gasteiger partial charge in [-0.25, -0.2) is 9.97 Å². The van der Waals surface area contributed by atoms with Crippen LogP contribution < -0.4 is 5.46 Å². The van der Waals surface area contributed by atoms with Crippen molar-refractivity contribution in [1.29, 1.82) is 0 Å². The molecule has 1 saturated heterocycles. The minimum Gasteiger partial charge on any atom is -0.455 e. The summed E-state index contributed by atoms with van der Waals surface area (Å²) in [5.41, 5.74) is 7.91.